The summed E-state index contributed by atoms with van der Waals surface area (Å²) in [5.41, 5.74) is 0. The van der Waals surface area contributed by atoms with Gasteiger partial charge in [-0.25, -0.2) is 4.79 Å². The number of hydrogen-bond donors (Lipinski definition) is 4. The van der Waals surface area contributed by atoms with Crippen molar-refractivity contribution in [3.05, 3.63) is 11.5 Å². The second-order valence-corrected chi connectivity index (χ2v) is 5.51. The van der Waals surface area contributed by atoms with Crippen molar-refractivity contribution >= 4 is 11.9 Å². The number of hydrogen-bond acceptors (Lipinski definition) is 8. The zero-order valence-corrected chi connectivity index (χ0v) is 13.2. The number of unbranched alkanes of at least 4 members (excludes halogenated alkanes) is 5. The van der Waals surface area contributed by atoms with Crippen molar-refractivity contribution in [2.45, 2.75) is 63.8 Å². The topological polar surface area (TPSA) is 134 Å². The van der Waals surface area contributed by atoms with Gasteiger partial charge in [-0.3, -0.25) is 4.79 Å². The first-order chi connectivity index (χ1) is 10.9. The number of ether oxygens (including phenoxy) is 2. The standard InChI is InChI=1S/C15H24O8/c1-2-3-4-5-6-7-8-10(17)23-15(21,9-16)13-11(18)12(19)14(20)22-13/h13,16,18-19,21H,2-9H2,1H3/t13-,15+/m0/s1. The first kappa shape index (κ1) is 19.2. The quantitative estimate of drug-likeness (QED) is 0.266. The summed E-state index contributed by atoms with van der Waals surface area (Å²) in [6, 6.07) is 0. The van der Waals surface area contributed by atoms with Gasteiger partial charge in [0.1, 0.15) is 6.61 Å². The van der Waals surface area contributed by atoms with E-state index in [4.69, 9.17) is 4.74 Å². The van der Waals surface area contributed by atoms with Crippen LogP contribution in [0.25, 0.3) is 0 Å². The molecule has 4 N–H and O–H groups in total. The Labute approximate surface area is 134 Å². The Morgan fingerprint density at radius 2 is 1.83 bits per heavy atom. The number of carbonyl (C=O) groups is 2. The Hall–Kier alpha value is -1.80. The summed E-state index contributed by atoms with van der Waals surface area (Å²) < 4.78 is 9.26. The Morgan fingerprint density at radius 1 is 1.22 bits per heavy atom. The van der Waals surface area contributed by atoms with Gasteiger partial charge in [-0.15, -0.1) is 0 Å². The van der Waals surface area contributed by atoms with E-state index in [0.717, 1.165) is 32.1 Å². The molecular weight excluding hydrogens is 308 g/mol. The number of cyclic esters (lactones) is 1. The van der Waals surface area contributed by atoms with Crippen LogP contribution in [-0.4, -0.2) is 50.9 Å². The van der Waals surface area contributed by atoms with Crippen LogP contribution >= 0.6 is 0 Å². The van der Waals surface area contributed by atoms with Gasteiger partial charge in [0.05, 0.1) is 0 Å². The molecule has 0 unspecified atom stereocenters. The lowest BCUT2D eigenvalue weighted by molar-refractivity contribution is -0.259. The molecule has 0 saturated heterocycles. The van der Waals surface area contributed by atoms with E-state index in [9.17, 15) is 30.0 Å². The highest BCUT2D eigenvalue weighted by Gasteiger charge is 2.51. The molecule has 0 aliphatic carbocycles. The zero-order valence-electron chi connectivity index (χ0n) is 13.2. The molecule has 0 aromatic heterocycles. The van der Waals surface area contributed by atoms with Gasteiger partial charge >= 0.3 is 11.9 Å². The molecule has 0 aromatic carbocycles. The van der Waals surface area contributed by atoms with Crippen LogP contribution in [0.4, 0.5) is 0 Å². The highest BCUT2D eigenvalue weighted by molar-refractivity contribution is 5.89. The second kappa shape index (κ2) is 8.73. The summed E-state index contributed by atoms with van der Waals surface area (Å²) in [5.74, 6) is -6.78. The molecule has 23 heavy (non-hydrogen) atoms. The fourth-order valence-electron chi connectivity index (χ4n) is 2.22. The van der Waals surface area contributed by atoms with Crippen molar-refractivity contribution in [2.24, 2.45) is 0 Å². The molecule has 1 aliphatic heterocycles. The zero-order chi connectivity index (χ0) is 17.5. The van der Waals surface area contributed by atoms with Gasteiger partial charge in [-0.1, -0.05) is 39.0 Å². The molecule has 0 radical (unpaired) electrons. The SMILES string of the molecule is CCCCCCCCC(=O)O[C@](O)(CO)[C@H]1OC(=O)C(O)=C1O. The minimum atomic E-state index is -2.64. The molecule has 1 heterocycles. The van der Waals surface area contributed by atoms with Gasteiger partial charge in [0.15, 0.2) is 5.76 Å². The smallest absolute Gasteiger partial charge is 0.378 e. The van der Waals surface area contributed by atoms with Crippen molar-refractivity contribution in [3.63, 3.8) is 0 Å². The van der Waals surface area contributed by atoms with Crippen LogP contribution < -0.4 is 0 Å². The number of aliphatic hydroxyl groups is 4. The highest BCUT2D eigenvalue weighted by atomic mass is 16.7. The summed E-state index contributed by atoms with van der Waals surface area (Å²) >= 11 is 0. The van der Waals surface area contributed by atoms with E-state index in [-0.39, 0.29) is 6.42 Å². The molecule has 8 nitrogen and oxygen atoms in total. The van der Waals surface area contributed by atoms with Crippen molar-refractivity contribution in [3.8, 4) is 0 Å². The van der Waals surface area contributed by atoms with Gasteiger partial charge in [-0.2, -0.15) is 0 Å². The van der Waals surface area contributed by atoms with Crippen molar-refractivity contribution < 1.29 is 39.5 Å². The van der Waals surface area contributed by atoms with Gasteiger partial charge < -0.3 is 29.9 Å². The number of carbonyl (C=O) groups excluding carboxylic acids is 2. The van der Waals surface area contributed by atoms with Crippen LogP contribution in [0.1, 0.15) is 51.9 Å². The maximum atomic E-state index is 11.7. The van der Waals surface area contributed by atoms with E-state index in [0.29, 0.717) is 6.42 Å². The highest BCUT2D eigenvalue weighted by Crippen LogP contribution is 2.29. The first-order valence-corrected chi connectivity index (χ1v) is 7.73. The van der Waals surface area contributed by atoms with Gasteiger partial charge in [0, 0.05) is 6.42 Å². The lowest BCUT2D eigenvalue weighted by atomic mass is 10.1. The summed E-state index contributed by atoms with van der Waals surface area (Å²) in [5, 5.41) is 38.0. The van der Waals surface area contributed by atoms with Crippen LogP contribution in [0.2, 0.25) is 0 Å². The molecule has 0 spiro atoms. The Kier molecular flexibility index (Phi) is 7.31. The summed E-state index contributed by atoms with van der Waals surface area (Å²) in [6.07, 6.45) is 3.88. The first-order valence-electron chi connectivity index (χ1n) is 7.73. The Morgan fingerprint density at radius 3 is 2.35 bits per heavy atom. The predicted molar refractivity (Wildman–Crippen MR) is 78.3 cm³/mol. The largest absolute Gasteiger partial charge is 0.505 e. The molecular formula is C15H24O8. The maximum absolute atomic E-state index is 11.7. The normalized spacial score (nSPS) is 20.3. The molecule has 0 aromatic rings. The third kappa shape index (κ3) is 5.11. The van der Waals surface area contributed by atoms with Crippen LogP contribution in [0.3, 0.4) is 0 Å². The lowest BCUT2D eigenvalue weighted by Crippen LogP contribution is -2.50. The van der Waals surface area contributed by atoms with Crippen LogP contribution in [-0.2, 0) is 19.1 Å². The van der Waals surface area contributed by atoms with E-state index >= 15 is 0 Å². The molecule has 2 atom stereocenters. The summed E-state index contributed by atoms with van der Waals surface area (Å²) in [4.78, 5) is 22.9. The maximum Gasteiger partial charge on any atom is 0.378 e. The molecule has 1 aliphatic rings. The van der Waals surface area contributed by atoms with Gasteiger partial charge in [-0.05, 0) is 6.42 Å². The predicted octanol–water partition coefficient (Wildman–Crippen LogP) is 1.21. The van der Waals surface area contributed by atoms with E-state index in [1.54, 1.807) is 0 Å². The van der Waals surface area contributed by atoms with Crippen molar-refractivity contribution in [1.82, 2.24) is 0 Å². The lowest BCUT2D eigenvalue weighted by Gasteiger charge is -2.29. The van der Waals surface area contributed by atoms with Crippen molar-refractivity contribution in [2.75, 3.05) is 6.61 Å². The van der Waals surface area contributed by atoms with E-state index < -0.39 is 42.0 Å². The molecule has 0 amide bonds. The van der Waals surface area contributed by atoms with E-state index in [1.165, 1.54) is 0 Å². The molecule has 0 bridgehead atoms. The Bertz CT molecular complexity index is 458. The molecule has 8 heteroatoms. The summed E-state index contributed by atoms with van der Waals surface area (Å²) in [6.45, 7) is 0.995. The fourth-order valence-corrected chi connectivity index (χ4v) is 2.22. The minimum Gasteiger partial charge on any atom is -0.505 e. The Balaban J connectivity index is 2.49. The average molecular weight is 332 g/mol. The molecule has 0 saturated carbocycles. The average Bonchev–Trinajstić information content (AvgIpc) is 2.78. The van der Waals surface area contributed by atoms with Gasteiger partial charge in [0.25, 0.3) is 5.79 Å². The number of aliphatic hydroxyl groups excluding tert-OH is 3. The number of rotatable bonds is 10. The third-order valence-corrected chi connectivity index (χ3v) is 3.57. The fraction of sp³-hybridized carbons (Fsp3) is 0.733. The third-order valence-electron chi connectivity index (χ3n) is 3.57. The number of esters is 2. The molecule has 1 rings (SSSR count). The van der Waals surface area contributed by atoms with E-state index in [1.807, 2.05) is 0 Å². The van der Waals surface area contributed by atoms with E-state index in [2.05, 4.69) is 11.7 Å². The monoisotopic (exact) mass is 332 g/mol. The van der Waals surface area contributed by atoms with Crippen LogP contribution in [0.15, 0.2) is 11.5 Å². The van der Waals surface area contributed by atoms with Crippen LogP contribution in [0.5, 0.6) is 0 Å². The van der Waals surface area contributed by atoms with Crippen LogP contribution in [0, 0.1) is 0 Å². The molecule has 0 fully saturated rings. The van der Waals surface area contributed by atoms with Gasteiger partial charge in [0.2, 0.25) is 11.9 Å². The van der Waals surface area contributed by atoms with Crippen molar-refractivity contribution in [1.29, 1.82) is 0 Å². The summed E-state index contributed by atoms with van der Waals surface area (Å²) in [7, 11) is 0. The molecule has 132 valence electrons. The second-order valence-electron chi connectivity index (χ2n) is 5.51. The minimum absolute atomic E-state index is 0.0194.